The van der Waals surface area contributed by atoms with Gasteiger partial charge in [-0.25, -0.2) is 12.7 Å². The molecule has 2 saturated heterocycles. The molecule has 2 aliphatic heterocycles. The zero-order chi connectivity index (χ0) is 27.4. The van der Waals surface area contributed by atoms with Crippen molar-refractivity contribution in [1.82, 2.24) is 14.6 Å². The third kappa shape index (κ3) is 6.49. The predicted molar refractivity (Wildman–Crippen MR) is 149 cm³/mol. The average Bonchev–Trinajstić information content (AvgIpc) is 3.36. The molecule has 0 saturated carbocycles. The second kappa shape index (κ2) is 12.1. The number of hydrogen-bond acceptors (Lipinski definition) is 9. The van der Waals surface area contributed by atoms with Crippen LogP contribution in [0.4, 0.5) is 6.01 Å². The fourth-order valence-corrected chi connectivity index (χ4v) is 6.01. The van der Waals surface area contributed by atoms with Gasteiger partial charge in [-0.15, -0.1) is 0 Å². The van der Waals surface area contributed by atoms with Crippen LogP contribution in [-0.2, 0) is 21.3 Å². The topological polar surface area (TPSA) is 106 Å². The molecule has 2 aliphatic rings. The van der Waals surface area contributed by atoms with Crippen molar-refractivity contribution in [3.63, 3.8) is 0 Å². The molecule has 3 aromatic rings. The van der Waals surface area contributed by atoms with E-state index in [0.29, 0.717) is 43.5 Å². The van der Waals surface area contributed by atoms with E-state index in [-0.39, 0.29) is 17.0 Å². The minimum Gasteiger partial charge on any atom is -0.494 e. The number of ether oxygens (including phenoxy) is 3. The highest BCUT2D eigenvalue weighted by Crippen LogP contribution is 2.32. The summed E-state index contributed by atoms with van der Waals surface area (Å²) in [5, 5.41) is 3.43. The quantitative estimate of drug-likeness (QED) is 0.398. The van der Waals surface area contributed by atoms with Crippen molar-refractivity contribution in [1.29, 1.82) is 0 Å². The Labute approximate surface area is 230 Å². The molecule has 2 aromatic carbocycles. The van der Waals surface area contributed by atoms with E-state index in [0.717, 1.165) is 55.8 Å². The first kappa shape index (κ1) is 27.7. The first-order chi connectivity index (χ1) is 18.8. The monoisotopic (exact) mass is 558 g/mol. The Bertz CT molecular complexity index is 1360. The second-order valence-corrected chi connectivity index (χ2v) is 12.3. The number of sulfonamides is 1. The number of anilines is 1. The first-order valence-electron chi connectivity index (χ1n) is 13.6. The Kier molecular flexibility index (Phi) is 8.61. The third-order valence-electron chi connectivity index (χ3n) is 7.20. The fourth-order valence-electron chi connectivity index (χ4n) is 5.08. The Morgan fingerprint density at radius 3 is 2.49 bits per heavy atom. The van der Waals surface area contributed by atoms with E-state index in [1.807, 2.05) is 19.1 Å². The van der Waals surface area contributed by atoms with Crippen LogP contribution in [0.25, 0.3) is 11.1 Å². The molecule has 39 heavy (non-hydrogen) atoms. The summed E-state index contributed by atoms with van der Waals surface area (Å²) in [5.41, 5.74) is 2.09. The van der Waals surface area contributed by atoms with Gasteiger partial charge in [-0.1, -0.05) is 0 Å². The fraction of sp³-hybridized carbons (Fsp3) is 0.536. The lowest BCUT2D eigenvalue weighted by atomic mass is 10.0. The van der Waals surface area contributed by atoms with Crippen molar-refractivity contribution in [3.05, 3.63) is 42.0 Å². The summed E-state index contributed by atoms with van der Waals surface area (Å²) in [7, 11) is -0.548. The minimum atomic E-state index is -3.58. The highest BCUT2D eigenvalue weighted by atomic mass is 32.2. The van der Waals surface area contributed by atoms with E-state index in [4.69, 9.17) is 23.6 Å². The highest BCUT2D eigenvalue weighted by Gasteiger charge is 2.27. The molecule has 0 amide bonds. The van der Waals surface area contributed by atoms with Crippen LogP contribution in [0.3, 0.4) is 0 Å². The molecule has 1 N–H and O–H groups in total. The van der Waals surface area contributed by atoms with Crippen LogP contribution in [0.5, 0.6) is 11.5 Å². The number of nitrogens with one attached hydrogen (secondary N) is 1. The molecule has 5 rings (SSSR count). The Morgan fingerprint density at radius 1 is 1.03 bits per heavy atom. The Hall–Kier alpha value is -2.86. The Balaban J connectivity index is 1.47. The lowest BCUT2D eigenvalue weighted by Gasteiger charge is -2.33. The summed E-state index contributed by atoms with van der Waals surface area (Å²) in [6, 6.07) is 11.6. The van der Waals surface area contributed by atoms with E-state index >= 15 is 0 Å². The maximum absolute atomic E-state index is 12.7. The van der Waals surface area contributed by atoms with Gasteiger partial charge >= 0.3 is 0 Å². The summed E-state index contributed by atoms with van der Waals surface area (Å²) >= 11 is 0. The predicted octanol–water partition coefficient (Wildman–Crippen LogP) is 3.79. The van der Waals surface area contributed by atoms with Crippen LogP contribution in [0.1, 0.15) is 38.2 Å². The Morgan fingerprint density at radius 2 is 1.77 bits per heavy atom. The van der Waals surface area contributed by atoms with Gasteiger partial charge in [-0.2, -0.15) is 4.98 Å². The van der Waals surface area contributed by atoms with E-state index in [9.17, 15) is 8.42 Å². The highest BCUT2D eigenvalue weighted by molar-refractivity contribution is 7.89. The molecule has 2 fully saturated rings. The van der Waals surface area contributed by atoms with E-state index < -0.39 is 10.0 Å². The van der Waals surface area contributed by atoms with Crippen LogP contribution in [-0.4, -0.2) is 76.9 Å². The number of rotatable bonds is 10. The standard InChI is InChI=1S/C28H38N4O6S/c1-4-36-23-15-20(16-24(17-23)37-22-9-13-35-14-10-22)19-32(21-7-11-29-12-8-21)28-30-26-18-25(5-6-27(26)38-28)39(33,34)31(2)3/h5-6,15-18,21-22,29H,4,7-14,19H2,1-3H3. The third-order valence-corrected chi connectivity index (χ3v) is 9.01. The number of aromatic nitrogens is 1. The molecular weight excluding hydrogens is 520 g/mol. The van der Waals surface area contributed by atoms with E-state index in [1.165, 1.54) is 18.4 Å². The number of piperidine rings is 1. The molecule has 0 radical (unpaired) electrons. The van der Waals surface area contributed by atoms with Crippen LogP contribution >= 0.6 is 0 Å². The SMILES string of the molecule is CCOc1cc(CN(c2nc3cc(S(=O)(=O)N(C)C)ccc3o2)C2CCNCC2)cc(OC2CCOCC2)c1. The lowest BCUT2D eigenvalue weighted by molar-refractivity contribution is 0.0254. The van der Waals surface area contributed by atoms with Gasteiger partial charge in [0.1, 0.15) is 23.1 Å². The smallest absolute Gasteiger partial charge is 0.298 e. The number of fused-ring (bicyclic) bond motifs is 1. The molecule has 212 valence electrons. The molecule has 3 heterocycles. The second-order valence-electron chi connectivity index (χ2n) is 10.2. The first-order valence-corrected chi connectivity index (χ1v) is 15.1. The van der Waals surface area contributed by atoms with Gasteiger partial charge in [0.15, 0.2) is 5.58 Å². The summed E-state index contributed by atoms with van der Waals surface area (Å²) in [5.74, 6) is 1.54. The van der Waals surface area contributed by atoms with E-state index in [2.05, 4.69) is 16.3 Å². The van der Waals surface area contributed by atoms with Gasteiger partial charge in [-0.3, -0.25) is 0 Å². The number of nitrogens with zero attached hydrogens (tertiary/aromatic N) is 3. The summed E-state index contributed by atoms with van der Waals surface area (Å²) in [4.78, 5) is 7.14. The van der Waals surface area contributed by atoms with Crippen molar-refractivity contribution < 1.29 is 27.0 Å². The number of benzene rings is 2. The van der Waals surface area contributed by atoms with Crippen molar-refractivity contribution in [2.24, 2.45) is 0 Å². The zero-order valence-electron chi connectivity index (χ0n) is 22.9. The van der Waals surface area contributed by atoms with Gasteiger partial charge in [0.25, 0.3) is 6.01 Å². The van der Waals surface area contributed by atoms with Gasteiger partial charge in [0.2, 0.25) is 10.0 Å². The molecular formula is C28H38N4O6S. The van der Waals surface area contributed by atoms with E-state index in [1.54, 1.807) is 18.2 Å². The van der Waals surface area contributed by atoms with Gasteiger partial charge in [0, 0.05) is 45.6 Å². The molecule has 0 bridgehead atoms. The lowest BCUT2D eigenvalue weighted by Crippen LogP contribution is -2.43. The van der Waals surface area contributed by atoms with Crippen LogP contribution in [0.15, 0.2) is 45.7 Å². The molecule has 11 heteroatoms. The average molecular weight is 559 g/mol. The van der Waals surface area contributed by atoms with Crippen LogP contribution < -0.4 is 19.7 Å². The normalized spacial score (nSPS) is 17.5. The molecule has 0 atom stereocenters. The van der Waals surface area contributed by atoms with Crippen molar-refractivity contribution >= 4 is 27.1 Å². The number of hydrogen-bond donors (Lipinski definition) is 1. The maximum atomic E-state index is 12.7. The molecule has 0 spiro atoms. The minimum absolute atomic E-state index is 0.119. The summed E-state index contributed by atoms with van der Waals surface area (Å²) in [6.45, 7) is 6.30. The number of oxazole rings is 1. The van der Waals surface area contributed by atoms with Gasteiger partial charge in [-0.05, 0) is 68.8 Å². The molecule has 10 nitrogen and oxygen atoms in total. The van der Waals surface area contributed by atoms with Crippen LogP contribution in [0.2, 0.25) is 0 Å². The van der Waals surface area contributed by atoms with Crippen molar-refractivity contribution in [2.75, 3.05) is 51.9 Å². The van der Waals surface area contributed by atoms with Crippen LogP contribution in [0, 0.1) is 0 Å². The van der Waals surface area contributed by atoms with Crippen molar-refractivity contribution in [3.8, 4) is 11.5 Å². The molecule has 0 unspecified atom stereocenters. The largest absolute Gasteiger partial charge is 0.494 e. The maximum Gasteiger partial charge on any atom is 0.298 e. The zero-order valence-corrected chi connectivity index (χ0v) is 23.7. The van der Waals surface area contributed by atoms with Gasteiger partial charge in [0.05, 0.1) is 24.7 Å². The summed E-state index contributed by atoms with van der Waals surface area (Å²) in [6.07, 6.45) is 3.73. The van der Waals surface area contributed by atoms with Gasteiger partial charge < -0.3 is 28.8 Å². The molecule has 0 aliphatic carbocycles. The van der Waals surface area contributed by atoms with Crippen molar-refractivity contribution in [2.45, 2.75) is 56.2 Å². The molecule has 1 aromatic heterocycles. The summed E-state index contributed by atoms with van der Waals surface area (Å²) < 4.78 is 50.5.